The lowest BCUT2D eigenvalue weighted by molar-refractivity contribution is -0.154. The molecule has 152 valence electrons. The maximum absolute atomic E-state index is 12.2. The Bertz CT molecular complexity index is 724. The molecule has 0 unspecified atom stereocenters. The molecule has 1 atom stereocenters. The summed E-state index contributed by atoms with van der Waals surface area (Å²) in [5.41, 5.74) is 1.70. The molecule has 0 bridgehead atoms. The average Bonchev–Trinajstić information content (AvgIpc) is 2.67. The molecule has 2 rings (SSSR count). The lowest BCUT2D eigenvalue weighted by atomic mass is 10.2. The predicted octanol–water partition coefficient (Wildman–Crippen LogP) is 1.34. The van der Waals surface area contributed by atoms with E-state index in [0.717, 1.165) is 5.56 Å². The quantitative estimate of drug-likeness (QED) is 0.741. The van der Waals surface area contributed by atoms with Crippen LogP contribution >= 0.6 is 0 Å². The lowest BCUT2D eigenvalue weighted by Gasteiger charge is -2.34. The maximum atomic E-state index is 12.2. The van der Waals surface area contributed by atoms with Crippen LogP contribution in [0.15, 0.2) is 24.3 Å². The van der Waals surface area contributed by atoms with E-state index in [1.54, 1.807) is 21.9 Å². The van der Waals surface area contributed by atoms with Gasteiger partial charge in [-0.3, -0.25) is 19.2 Å². The Morgan fingerprint density at radius 2 is 1.57 bits per heavy atom. The highest BCUT2D eigenvalue weighted by molar-refractivity contribution is 5.95. The fraction of sp³-hybridized carbons (Fsp3) is 0.500. The largest absolute Gasteiger partial charge is 0.453 e. The fourth-order valence-corrected chi connectivity index (χ4v) is 2.83. The minimum absolute atomic E-state index is 0.00595. The van der Waals surface area contributed by atoms with Crippen molar-refractivity contribution in [3.05, 3.63) is 29.8 Å². The van der Waals surface area contributed by atoms with E-state index in [1.165, 1.54) is 13.8 Å². The van der Waals surface area contributed by atoms with E-state index in [9.17, 15) is 19.2 Å². The molecule has 1 fully saturated rings. The molecule has 1 aromatic rings. The first-order chi connectivity index (χ1) is 13.3. The molecule has 1 aliphatic heterocycles. The van der Waals surface area contributed by atoms with Crippen LogP contribution in [0.5, 0.6) is 0 Å². The number of benzene rings is 1. The van der Waals surface area contributed by atoms with E-state index in [4.69, 9.17) is 4.74 Å². The first-order valence-corrected chi connectivity index (χ1v) is 9.36. The first-order valence-electron chi connectivity index (χ1n) is 9.36. The van der Waals surface area contributed by atoms with Gasteiger partial charge >= 0.3 is 5.97 Å². The van der Waals surface area contributed by atoms with Gasteiger partial charge < -0.3 is 19.9 Å². The van der Waals surface area contributed by atoms with Crippen LogP contribution in [0.25, 0.3) is 0 Å². The molecule has 8 nitrogen and oxygen atoms in total. The van der Waals surface area contributed by atoms with Gasteiger partial charge in [0.2, 0.25) is 11.8 Å². The molecule has 0 aromatic heterocycles. The maximum Gasteiger partial charge on any atom is 0.307 e. The fourth-order valence-electron chi connectivity index (χ4n) is 2.83. The monoisotopic (exact) mass is 389 g/mol. The Labute approximate surface area is 164 Å². The molecular formula is C20H27N3O5. The standard InChI is InChI=1S/C20H27N3O5/c1-14-4-6-17(7-5-14)21-20(27)15(2)28-19(26)9-8-18(25)23-12-10-22(11-13-23)16(3)24/h4-7,15H,8-13H2,1-3H3,(H,21,27)/t15-/m0/s1. The van der Waals surface area contributed by atoms with Crippen molar-refractivity contribution >= 4 is 29.4 Å². The number of piperazine rings is 1. The average molecular weight is 389 g/mol. The van der Waals surface area contributed by atoms with Crippen LogP contribution in [0.4, 0.5) is 5.69 Å². The number of rotatable bonds is 6. The third kappa shape index (κ3) is 6.37. The zero-order valence-electron chi connectivity index (χ0n) is 16.6. The van der Waals surface area contributed by atoms with Crippen LogP contribution in [-0.2, 0) is 23.9 Å². The van der Waals surface area contributed by atoms with E-state index in [0.29, 0.717) is 31.9 Å². The van der Waals surface area contributed by atoms with Gasteiger partial charge in [0.05, 0.1) is 6.42 Å². The van der Waals surface area contributed by atoms with Crippen molar-refractivity contribution in [2.24, 2.45) is 0 Å². The molecule has 3 amide bonds. The van der Waals surface area contributed by atoms with Crippen molar-refractivity contribution in [2.75, 3.05) is 31.5 Å². The number of aryl methyl sites for hydroxylation is 1. The second-order valence-corrected chi connectivity index (χ2v) is 6.87. The highest BCUT2D eigenvalue weighted by Crippen LogP contribution is 2.11. The second kappa shape index (κ2) is 9.87. The van der Waals surface area contributed by atoms with Crippen LogP contribution in [0, 0.1) is 6.92 Å². The highest BCUT2D eigenvalue weighted by Gasteiger charge is 2.24. The number of anilines is 1. The molecular weight excluding hydrogens is 362 g/mol. The van der Waals surface area contributed by atoms with Crippen LogP contribution in [0.2, 0.25) is 0 Å². The first kappa shape index (κ1) is 21.4. The molecule has 0 radical (unpaired) electrons. The van der Waals surface area contributed by atoms with Gasteiger partial charge in [-0.25, -0.2) is 0 Å². The van der Waals surface area contributed by atoms with Crippen LogP contribution < -0.4 is 5.32 Å². The predicted molar refractivity (Wildman–Crippen MR) is 103 cm³/mol. The van der Waals surface area contributed by atoms with Crippen molar-refractivity contribution in [1.29, 1.82) is 0 Å². The Morgan fingerprint density at radius 1 is 1.00 bits per heavy atom. The van der Waals surface area contributed by atoms with Gasteiger partial charge in [0, 0.05) is 45.2 Å². The van der Waals surface area contributed by atoms with Crippen molar-refractivity contribution in [2.45, 2.75) is 39.7 Å². The third-order valence-corrected chi connectivity index (χ3v) is 4.62. The minimum Gasteiger partial charge on any atom is -0.453 e. The van der Waals surface area contributed by atoms with Crippen LogP contribution in [0.3, 0.4) is 0 Å². The summed E-state index contributed by atoms with van der Waals surface area (Å²) < 4.78 is 5.12. The zero-order valence-corrected chi connectivity index (χ0v) is 16.6. The highest BCUT2D eigenvalue weighted by atomic mass is 16.5. The molecule has 1 saturated heterocycles. The molecule has 0 spiro atoms. The number of nitrogens with one attached hydrogen (secondary N) is 1. The number of esters is 1. The van der Waals surface area contributed by atoms with Crippen molar-refractivity contribution in [3.8, 4) is 0 Å². The third-order valence-electron chi connectivity index (χ3n) is 4.62. The summed E-state index contributed by atoms with van der Waals surface area (Å²) in [5, 5.41) is 2.68. The van der Waals surface area contributed by atoms with Gasteiger partial charge in [-0.2, -0.15) is 0 Å². The summed E-state index contributed by atoms with van der Waals surface area (Å²) in [7, 11) is 0. The van der Waals surface area contributed by atoms with Crippen molar-refractivity contribution in [1.82, 2.24) is 9.80 Å². The van der Waals surface area contributed by atoms with E-state index in [-0.39, 0.29) is 24.7 Å². The molecule has 0 aliphatic carbocycles. The van der Waals surface area contributed by atoms with Gasteiger partial charge in [0.15, 0.2) is 6.10 Å². The normalized spacial score (nSPS) is 15.0. The Hall–Kier alpha value is -2.90. The van der Waals surface area contributed by atoms with E-state index in [1.807, 2.05) is 19.1 Å². The number of amides is 3. The van der Waals surface area contributed by atoms with Gasteiger partial charge in [-0.15, -0.1) is 0 Å². The topological polar surface area (TPSA) is 96.0 Å². The van der Waals surface area contributed by atoms with Crippen molar-refractivity contribution in [3.63, 3.8) is 0 Å². The Kier molecular flexibility index (Phi) is 7.54. The Morgan fingerprint density at radius 3 is 2.14 bits per heavy atom. The summed E-state index contributed by atoms with van der Waals surface area (Å²) in [5.74, 6) is -1.18. The van der Waals surface area contributed by atoms with Gasteiger partial charge in [0.1, 0.15) is 0 Å². The minimum atomic E-state index is -0.956. The smallest absolute Gasteiger partial charge is 0.307 e. The summed E-state index contributed by atoms with van der Waals surface area (Å²) in [4.78, 5) is 50.9. The van der Waals surface area contributed by atoms with Crippen molar-refractivity contribution < 1.29 is 23.9 Å². The Balaban J connectivity index is 1.71. The number of nitrogens with zero attached hydrogens (tertiary/aromatic N) is 2. The number of carbonyl (C=O) groups is 4. The van der Waals surface area contributed by atoms with E-state index in [2.05, 4.69) is 5.32 Å². The number of ether oxygens (including phenoxy) is 1. The van der Waals surface area contributed by atoms with Gasteiger partial charge in [-0.1, -0.05) is 17.7 Å². The number of hydrogen-bond donors (Lipinski definition) is 1. The van der Waals surface area contributed by atoms with Crippen LogP contribution in [-0.4, -0.2) is 65.8 Å². The van der Waals surface area contributed by atoms with E-state index < -0.39 is 18.0 Å². The molecule has 1 aliphatic rings. The lowest BCUT2D eigenvalue weighted by Crippen LogP contribution is -2.50. The zero-order chi connectivity index (χ0) is 20.7. The molecule has 0 saturated carbocycles. The van der Waals surface area contributed by atoms with Gasteiger partial charge in [0.25, 0.3) is 5.91 Å². The second-order valence-electron chi connectivity index (χ2n) is 6.87. The molecule has 1 heterocycles. The molecule has 1 N–H and O–H groups in total. The SMILES string of the molecule is CC(=O)N1CCN(C(=O)CCC(=O)O[C@@H](C)C(=O)Nc2ccc(C)cc2)CC1. The summed E-state index contributed by atoms with van der Waals surface area (Å²) in [6.45, 7) is 6.86. The molecule has 28 heavy (non-hydrogen) atoms. The van der Waals surface area contributed by atoms with E-state index >= 15 is 0 Å². The number of hydrogen-bond acceptors (Lipinski definition) is 5. The summed E-state index contributed by atoms with van der Waals surface area (Å²) >= 11 is 0. The van der Waals surface area contributed by atoms with Crippen LogP contribution in [0.1, 0.15) is 32.3 Å². The molecule has 8 heteroatoms. The summed E-state index contributed by atoms with van der Waals surface area (Å²) in [6.07, 6.45) is -1.03. The summed E-state index contributed by atoms with van der Waals surface area (Å²) in [6, 6.07) is 7.28. The molecule has 1 aromatic carbocycles. The number of carbonyl (C=O) groups excluding carboxylic acids is 4. The van der Waals surface area contributed by atoms with Gasteiger partial charge in [-0.05, 0) is 26.0 Å².